The van der Waals surface area contributed by atoms with Crippen molar-refractivity contribution in [3.63, 3.8) is 0 Å². The van der Waals surface area contributed by atoms with Crippen LogP contribution in [-0.4, -0.2) is 64.5 Å². The fraction of sp³-hybridized carbons (Fsp3) is 0.929. The monoisotopic (exact) mass is 303 g/mol. The van der Waals surface area contributed by atoms with Crippen molar-refractivity contribution in [3.05, 3.63) is 0 Å². The number of hydrogen-bond acceptors (Lipinski definition) is 4. The third-order valence-corrected chi connectivity index (χ3v) is 5.82. The van der Waals surface area contributed by atoms with E-state index >= 15 is 0 Å². The van der Waals surface area contributed by atoms with Gasteiger partial charge in [-0.2, -0.15) is 0 Å². The maximum atomic E-state index is 12.2. The van der Waals surface area contributed by atoms with Gasteiger partial charge in [-0.25, -0.2) is 0 Å². The van der Waals surface area contributed by atoms with Gasteiger partial charge in [-0.15, -0.1) is 0 Å². The standard InChI is InChI=1S/C14H25NO4S/c1-11-9-15(10-12(2)20(11)17)14(16)5-8-19-13-3-6-18-7-4-13/h11-13H,3-10H2,1-2H3. The van der Waals surface area contributed by atoms with E-state index in [0.717, 1.165) is 26.1 Å². The maximum absolute atomic E-state index is 12.2. The van der Waals surface area contributed by atoms with Crippen LogP contribution in [0.25, 0.3) is 0 Å². The molecule has 6 heteroatoms. The molecule has 2 heterocycles. The molecule has 0 N–H and O–H groups in total. The second kappa shape index (κ2) is 7.52. The summed E-state index contributed by atoms with van der Waals surface area (Å²) in [5.41, 5.74) is 0. The van der Waals surface area contributed by atoms with E-state index in [9.17, 15) is 9.00 Å². The lowest BCUT2D eigenvalue weighted by atomic mass is 10.1. The van der Waals surface area contributed by atoms with Crippen molar-refractivity contribution >= 4 is 16.7 Å². The van der Waals surface area contributed by atoms with Gasteiger partial charge in [0, 0.05) is 47.6 Å². The zero-order chi connectivity index (χ0) is 14.5. The first kappa shape index (κ1) is 15.9. The zero-order valence-electron chi connectivity index (χ0n) is 12.4. The molecule has 2 aliphatic rings. The summed E-state index contributed by atoms with van der Waals surface area (Å²) < 4.78 is 22.9. The smallest absolute Gasteiger partial charge is 0.224 e. The number of carbonyl (C=O) groups excluding carboxylic acids is 1. The Kier molecular flexibility index (Phi) is 5.99. The molecule has 5 nitrogen and oxygen atoms in total. The van der Waals surface area contributed by atoms with E-state index in [1.54, 1.807) is 0 Å². The molecule has 1 amide bonds. The average Bonchev–Trinajstić information content (AvgIpc) is 2.45. The third-order valence-electron chi connectivity index (χ3n) is 3.94. The molecule has 2 saturated heterocycles. The molecule has 20 heavy (non-hydrogen) atoms. The highest BCUT2D eigenvalue weighted by molar-refractivity contribution is 7.86. The number of nitrogens with zero attached hydrogens (tertiary/aromatic N) is 1. The van der Waals surface area contributed by atoms with E-state index in [1.165, 1.54) is 0 Å². The van der Waals surface area contributed by atoms with Crippen molar-refractivity contribution in [2.24, 2.45) is 0 Å². The molecule has 2 unspecified atom stereocenters. The summed E-state index contributed by atoms with van der Waals surface area (Å²) in [6, 6.07) is 0. The fourth-order valence-corrected chi connectivity index (χ4v) is 4.20. The zero-order valence-corrected chi connectivity index (χ0v) is 13.2. The van der Waals surface area contributed by atoms with Crippen LogP contribution in [0.5, 0.6) is 0 Å². The topological polar surface area (TPSA) is 55.8 Å². The summed E-state index contributed by atoms with van der Waals surface area (Å²) in [5.74, 6) is 0.118. The number of amides is 1. The summed E-state index contributed by atoms with van der Waals surface area (Å²) in [5, 5.41) is 0.137. The van der Waals surface area contributed by atoms with Crippen molar-refractivity contribution in [2.45, 2.75) is 49.7 Å². The Hall–Kier alpha value is -0.460. The molecule has 0 aromatic rings. The average molecular weight is 303 g/mol. The van der Waals surface area contributed by atoms with Crippen molar-refractivity contribution in [3.8, 4) is 0 Å². The highest BCUT2D eigenvalue weighted by Gasteiger charge is 2.30. The Morgan fingerprint density at radius 2 is 1.85 bits per heavy atom. The molecule has 0 aromatic carbocycles. The molecule has 2 aliphatic heterocycles. The fourth-order valence-electron chi connectivity index (χ4n) is 2.76. The Balaban J connectivity index is 1.70. The first-order chi connectivity index (χ1) is 9.58. The SMILES string of the molecule is CC1CN(C(=O)CCOC2CCOCC2)CC(C)S1=O. The van der Waals surface area contributed by atoms with E-state index < -0.39 is 10.8 Å². The Bertz CT molecular complexity index is 343. The lowest BCUT2D eigenvalue weighted by Crippen LogP contribution is -2.49. The van der Waals surface area contributed by atoms with Crippen LogP contribution in [0.15, 0.2) is 0 Å². The van der Waals surface area contributed by atoms with Crippen LogP contribution in [0, 0.1) is 0 Å². The molecule has 0 radical (unpaired) electrons. The predicted molar refractivity (Wildman–Crippen MR) is 78.1 cm³/mol. The van der Waals surface area contributed by atoms with Gasteiger partial charge in [0.1, 0.15) is 0 Å². The van der Waals surface area contributed by atoms with Crippen LogP contribution in [0.3, 0.4) is 0 Å². The largest absolute Gasteiger partial charge is 0.381 e. The molecule has 2 rings (SSSR count). The van der Waals surface area contributed by atoms with E-state index in [2.05, 4.69) is 0 Å². The molecular formula is C14H25NO4S. The normalized spacial score (nSPS) is 32.3. The van der Waals surface area contributed by atoms with Gasteiger partial charge in [0.2, 0.25) is 5.91 Å². The van der Waals surface area contributed by atoms with Gasteiger partial charge >= 0.3 is 0 Å². The van der Waals surface area contributed by atoms with Crippen molar-refractivity contribution in [2.75, 3.05) is 32.9 Å². The van der Waals surface area contributed by atoms with Crippen LogP contribution in [0.2, 0.25) is 0 Å². The molecule has 0 saturated carbocycles. The van der Waals surface area contributed by atoms with Crippen molar-refractivity contribution < 1.29 is 18.5 Å². The highest BCUT2D eigenvalue weighted by atomic mass is 32.2. The minimum Gasteiger partial charge on any atom is -0.381 e. The number of rotatable bonds is 4. The van der Waals surface area contributed by atoms with Gasteiger partial charge in [-0.1, -0.05) is 0 Å². The van der Waals surface area contributed by atoms with Crippen LogP contribution in [-0.2, 0) is 25.1 Å². The number of hydrogen-bond donors (Lipinski definition) is 0. The Morgan fingerprint density at radius 3 is 2.45 bits per heavy atom. The molecule has 0 bridgehead atoms. The molecular weight excluding hydrogens is 278 g/mol. The van der Waals surface area contributed by atoms with Crippen molar-refractivity contribution in [1.29, 1.82) is 0 Å². The summed E-state index contributed by atoms with van der Waals surface area (Å²) >= 11 is 0. The van der Waals surface area contributed by atoms with Gasteiger partial charge < -0.3 is 14.4 Å². The Labute approximate surface area is 123 Å². The van der Waals surface area contributed by atoms with Gasteiger partial charge in [-0.05, 0) is 26.7 Å². The second-order valence-electron chi connectivity index (χ2n) is 5.68. The van der Waals surface area contributed by atoms with E-state index in [0.29, 0.717) is 26.1 Å². The van der Waals surface area contributed by atoms with Gasteiger partial charge in [-0.3, -0.25) is 9.00 Å². The van der Waals surface area contributed by atoms with Gasteiger partial charge in [0.15, 0.2) is 0 Å². The first-order valence-electron chi connectivity index (χ1n) is 7.44. The molecule has 2 atom stereocenters. The molecule has 116 valence electrons. The van der Waals surface area contributed by atoms with Gasteiger partial charge in [0.05, 0.1) is 19.1 Å². The van der Waals surface area contributed by atoms with Crippen LogP contribution < -0.4 is 0 Å². The lowest BCUT2D eigenvalue weighted by Gasteiger charge is -2.34. The van der Waals surface area contributed by atoms with Crippen molar-refractivity contribution in [1.82, 2.24) is 4.90 Å². The van der Waals surface area contributed by atoms with Gasteiger partial charge in [0.25, 0.3) is 0 Å². The second-order valence-corrected chi connectivity index (χ2v) is 7.95. The molecule has 0 aromatic heterocycles. The molecule has 0 spiro atoms. The van der Waals surface area contributed by atoms with Crippen LogP contribution >= 0.6 is 0 Å². The highest BCUT2D eigenvalue weighted by Crippen LogP contribution is 2.16. The third kappa shape index (κ3) is 4.27. The summed E-state index contributed by atoms with van der Waals surface area (Å²) in [7, 11) is -0.816. The summed E-state index contributed by atoms with van der Waals surface area (Å²) in [6.07, 6.45) is 2.50. The summed E-state index contributed by atoms with van der Waals surface area (Å²) in [4.78, 5) is 14.0. The first-order valence-corrected chi connectivity index (χ1v) is 8.72. The summed E-state index contributed by atoms with van der Waals surface area (Å²) in [6.45, 7) is 7.10. The number of ether oxygens (including phenoxy) is 2. The van der Waals surface area contributed by atoms with Crippen LogP contribution in [0.1, 0.15) is 33.1 Å². The maximum Gasteiger partial charge on any atom is 0.224 e. The number of carbonyl (C=O) groups is 1. The van der Waals surface area contributed by atoms with E-state index in [-0.39, 0.29) is 22.5 Å². The quantitative estimate of drug-likeness (QED) is 0.775. The van der Waals surface area contributed by atoms with Crippen LogP contribution in [0.4, 0.5) is 0 Å². The van der Waals surface area contributed by atoms with E-state index in [1.807, 2.05) is 18.7 Å². The molecule has 0 aliphatic carbocycles. The molecule has 2 fully saturated rings. The van der Waals surface area contributed by atoms with E-state index in [4.69, 9.17) is 9.47 Å². The Morgan fingerprint density at radius 1 is 1.25 bits per heavy atom. The predicted octanol–water partition coefficient (Wildman–Crippen LogP) is 0.940. The minimum absolute atomic E-state index is 0.0686. The minimum atomic E-state index is -0.816. The lowest BCUT2D eigenvalue weighted by molar-refractivity contribution is -0.133.